The monoisotopic (exact) mass is 506 g/mol. The zero-order valence-corrected chi connectivity index (χ0v) is 20.7. The number of rotatable bonds is 8. The number of ether oxygens (including phenoxy) is 1. The van der Waals surface area contributed by atoms with Gasteiger partial charge in [-0.15, -0.1) is 0 Å². The van der Waals surface area contributed by atoms with E-state index in [4.69, 9.17) is 27.9 Å². The summed E-state index contributed by atoms with van der Waals surface area (Å²) in [6.45, 7) is 3.16. The highest BCUT2D eigenvalue weighted by Gasteiger charge is 2.30. The van der Waals surface area contributed by atoms with Gasteiger partial charge in [-0.05, 0) is 44.2 Å². The standard InChI is InChI=1S/C24H24Cl2N2O4S/c1-16-11-13-18(14-12-16)33(30,31)28(21-9-6-8-20(25)24(21)26)15-23(29)27-17(2)19-7-4-5-10-22(19)32-3/h4-14,17H,15H2,1-3H3,(H,27,29)/t17-/m0/s1. The first-order chi connectivity index (χ1) is 15.6. The molecule has 0 radical (unpaired) electrons. The van der Waals surface area contributed by atoms with Gasteiger partial charge in [0.25, 0.3) is 10.0 Å². The summed E-state index contributed by atoms with van der Waals surface area (Å²) in [6.07, 6.45) is 0. The Morgan fingerprint density at radius 3 is 2.36 bits per heavy atom. The Kier molecular flexibility index (Phi) is 7.89. The van der Waals surface area contributed by atoms with E-state index < -0.39 is 28.5 Å². The molecule has 174 valence electrons. The Morgan fingerprint density at radius 1 is 1.03 bits per heavy atom. The molecule has 0 aliphatic carbocycles. The molecule has 0 aromatic heterocycles. The van der Waals surface area contributed by atoms with E-state index in [1.807, 2.05) is 25.1 Å². The summed E-state index contributed by atoms with van der Waals surface area (Å²) in [5, 5.41) is 3.06. The molecule has 0 aliphatic heterocycles. The van der Waals surface area contributed by atoms with E-state index in [9.17, 15) is 13.2 Å². The van der Waals surface area contributed by atoms with Gasteiger partial charge in [-0.3, -0.25) is 9.10 Å². The minimum atomic E-state index is -4.11. The molecule has 3 rings (SSSR count). The van der Waals surface area contributed by atoms with Gasteiger partial charge in [-0.2, -0.15) is 0 Å². The first-order valence-electron chi connectivity index (χ1n) is 10.1. The molecule has 0 aliphatic rings. The van der Waals surface area contributed by atoms with Gasteiger partial charge in [0.05, 0.1) is 33.8 Å². The lowest BCUT2D eigenvalue weighted by Crippen LogP contribution is -2.41. The molecule has 0 bridgehead atoms. The van der Waals surface area contributed by atoms with Crippen LogP contribution in [-0.2, 0) is 14.8 Å². The molecule has 1 N–H and O–H groups in total. The van der Waals surface area contributed by atoms with Gasteiger partial charge in [0, 0.05) is 5.56 Å². The minimum absolute atomic E-state index is 0.0368. The fourth-order valence-corrected chi connectivity index (χ4v) is 5.22. The highest BCUT2D eigenvalue weighted by Crippen LogP contribution is 2.35. The molecular weight excluding hydrogens is 483 g/mol. The van der Waals surface area contributed by atoms with Crippen LogP contribution in [0.15, 0.2) is 71.6 Å². The van der Waals surface area contributed by atoms with Crippen molar-refractivity contribution in [3.8, 4) is 5.75 Å². The number of nitrogens with zero attached hydrogens (tertiary/aromatic N) is 1. The third-order valence-corrected chi connectivity index (χ3v) is 7.66. The second-order valence-corrected chi connectivity index (χ2v) is 10.1. The molecule has 33 heavy (non-hydrogen) atoms. The topological polar surface area (TPSA) is 75.7 Å². The van der Waals surface area contributed by atoms with E-state index in [0.717, 1.165) is 15.4 Å². The van der Waals surface area contributed by atoms with E-state index in [1.54, 1.807) is 44.4 Å². The normalized spacial score (nSPS) is 12.2. The van der Waals surface area contributed by atoms with Crippen LogP contribution in [0.5, 0.6) is 5.75 Å². The maximum atomic E-state index is 13.5. The van der Waals surface area contributed by atoms with Crippen molar-refractivity contribution in [1.29, 1.82) is 0 Å². The van der Waals surface area contributed by atoms with Gasteiger partial charge < -0.3 is 10.1 Å². The lowest BCUT2D eigenvalue weighted by molar-refractivity contribution is -0.120. The van der Waals surface area contributed by atoms with Crippen LogP contribution in [0.3, 0.4) is 0 Å². The maximum absolute atomic E-state index is 13.5. The number of sulfonamides is 1. The smallest absolute Gasteiger partial charge is 0.264 e. The lowest BCUT2D eigenvalue weighted by atomic mass is 10.1. The third kappa shape index (κ3) is 5.61. The number of para-hydroxylation sites is 1. The molecule has 1 amide bonds. The van der Waals surface area contributed by atoms with Crippen LogP contribution in [0.4, 0.5) is 5.69 Å². The number of methoxy groups -OCH3 is 1. The predicted octanol–water partition coefficient (Wildman–Crippen LogP) is 5.38. The number of carbonyl (C=O) groups excluding carboxylic acids is 1. The van der Waals surface area contributed by atoms with Crippen molar-refractivity contribution in [3.63, 3.8) is 0 Å². The second kappa shape index (κ2) is 10.5. The Labute approximate surface area is 204 Å². The summed E-state index contributed by atoms with van der Waals surface area (Å²) in [5.74, 6) is 0.104. The number of anilines is 1. The molecule has 0 unspecified atom stereocenters. The summed E-state index contributed by atoms with van der Waals surface area (Å²) in [5.41, 5.74) is 1.79. The Morgan fingerprint density at radius 2 is 1.70 bits per heavy atom. The van der Waals surface area contributed by atoms with Gasteiger partial charge in [-0.25, -0.2) is 8.42 Å². The van der Waals surface area contributed by atoms with Crippen LogP contribution >= 0.6 is 23.2 Å². The van der Waals surface area contributed by atoms with Crippen LogP contribution in [0, 0.1) is 6.92 Å². The largest absolute Gasteiger partial charge is 0.496 e. The summed E-state index contributed by atoms with van der Waals surface area (Å²) in [4.78, 5) is 13.0. The first kappa shape index (κ1) is 24.9. The summed E-state index contributed by atoms with van der Waals surface area (Å²) < 4.78 is 33.4. The van der Waals surface area contributed by atoms with Crippen molar-refractivity contribution in [2.75, 3.05) is 18.0 Å². The number of benzene rings is 3. The number of aryl methyl sites for hydroxylation is 1. The van der Waals surface area contributed by atoms with Crippen molar-refractivity contribution in [1.82, 2.24) is 5.32 Å². The summed E-state index contributed by atoms with van der Waals surface area (Å²) in [7, 11) is -2.57. The Hall–Kier alpha value is -2.74. The summed E-state index contributed by atoms with van der Waals surface area (Å²) in [6, 6.07) is 17.9. The van der Waals surface area contributed by atoms with Gasteiger partial charge >= 0.3 is 0 Å². The quantitative estimate of drug-likeness (QED) is 0.444. The Balaban J connectivity index is 1.95. The predicted molar refractivity (Wildman–Crippen MR) is 132 cm³/mol. The van der Waals surface area contributed by atoms with Gasteiger partial charge in [0.15, 0.2) is 0 Å². The van der Waals surface area contributed by atoms with Crippen LogP contribution in [0.1, 0.15) is 24.1 Å². The molecule has 0 saturated heterocycles. The number of halogens is 2. The Bertz CT molecular complexity index is 1250. The van der Waals surface area contributed by atoms with Crippen LogP contribution in [0.25, 0.3) is 0 Å². The SMILES string of the molecule is COc1ccccc1[C@H](C)NC(=O)CN(c1cccc(Cl)c1Cl)S(=O)(=O)c1ccc(C)cc1. The average molecular weight is 507 g/mol. The molecule has 0 fully saturated rings. The van der Waals surface area contributed by atoms with Crippen molar-refractivity contribution in [2.24, 2.45) is 0 Å². The second-order valence-electron chi connectivity index (χ2n) is 7.43. The van der Waals surface area contributed by atoms with Crippen LogP contribution in [-0.4, -0.2) is 28.0 Å². The minimum Gasteiger partial charge on any atom is -0.496 e. The molecule has 3 aromatic carbocycles. The molecule has 0 saturated carbocycles. The fourth-order valence-electron chi connectivity index (χ4n) is 3.34. The van der Waals surface area contributed by atoms with E-state index in [1.165, 1.54) is 18.2 Å². The van der Waals surface area contributed by atoms with Gasteiger partial charge in [0.1, 0.15) is 12.3 Å². The zero-order chi connectivity index (χ0) is 24.2. The molecule has 9 heteroatoms. The molecular formula is C24H24Cl2N2O4S. The first-order valence-corrected chi connectivity index (χ1v) is 12.3. The fraction of sp³-hybridized carbons (Fsp3) is 0.208. The molecule has 1 atom stereocenters. The number of amides is 1. The van der Waals surface area contributed by atoms with Crippen molar-refractivity contribution < 1.29 is 17.9 Å². The number of hydrogen-bond donors (Lipinski definition) is 1. The number of carbonyl (C=O) groups is 1. The third-order valence-electron chi connectivity index (χ3n) is 5.08. The van der Waals surface area contributed by atoms with Crippen molar-refractivity contribution in [2.45, 2.75) is 24.8 Å². The van der Waals surface area contributed by atoms with Gasteiger partial charge in [-0.1, -0.05) is 65.2 Å². The van der Waals surface area contributed by atoms with Crippen molar-refractivity contribution >= 4 is 44.8 Å². The van der Waals surface area contributed by atoms with Gasteiger partial charge in [0.2, 0.25) is 5.91 Å². The molecule has 3 aromatic rings. The molecule has 6 nitrogen and oxygen atoms in total. The van der Waals surface area contributed by atoms with Crippen LogP contribution in [0.2, 0.25) is 10.0 Å². The van der Waals surface area contributed by atoms with Crippen molar-refractivity contribution in [3.05, 3.63) is 87.9 Å². The lowest BCUT2D eigenvalue weighted by Gasteiger charge is -2.26. The maximum Gasteiger partial charge on any atom is 0.264 e. The van der Waals surface area contributed by atoms with E-state index in [-0.39, 0.29) is 20.6 Å². The average Bonchev–Trinajstić information content (AvgIpc) is 2.79. The number of nitrogens with one attached hydrogen (secondary N) is 1. The highest BCUT2D eigenvalue weighted by atomic mass is 35.5. The van der Waals surface area contributed by atoms with E-state index >= 15 is 0 Å². The van der Waals surface area contributed by atoms with Crippen LogP contribution < -0.4 is 14.4 Å². The highest BCUT2D eigenvalue weighted by molar-refractivity contribution is 7.92. The number of hydrogen-bond acceptors (Lipinski definition) is 4. The van der Waals surface area contributed by atoms with E-state index in [2.05, 4.69) is 5.32 Å². The van der Waals surface area contributed by atoms with E-state index in [0.29, 0.717) is 5.75 Å². The molecule has 0 heterocycles. The molecule has 0 spiro atoms. The summed E-state index contributed by atoms with van der Waals surface area (Å²) >= 11 is 12.5. The zero-order valence-electron chi connectivity index (χ0n) is 18.4.